The molecule has 186 valence electrons. The van der Waals surface area contributed by atoms with Gasteiger partial charge in [-0.25, -0.2) is 9.79 Å². The Bertz CT molecular complexity index is 1140. The second-order valence-electron chi connectivity index (χ2n) is 10.0. The molecule has 9 heteroatoms. The minimum Gasteiger partial charge on any atom is -0.494 e. The number of nitrogens with zero attached hydrogens (tertiary/aromatic N) is 4. The number of carbonyl (C=O) groups excluding carboxylic acids is 2. The SMILES string of the molecule is CCCCOc1ccc(NC(=O)Nc2cc(C(C)(C)C)nn2C2=NC(=O)C3CCCCC3=N2)cc1. The van der Waals surface area contributed by atoms with Gasteiger partial charge in [-0.05, 0) is 49.9 Å². The summed E-state index contributed by atoms with van der Waals surface area (Å²) >= 11 is 0. The van der Waals surface area contributed by atoms with Crippen LogP contribution >= 0.6 is 0 Å². The molecule has 1 aliphatic heterocycles. The number of fused-ring (bicyclic) bond motifs is 1. The third-order valence-electron chi connectivity index (χ3n) is 6.12. The smallest absolute Gasteiger partial charge is 0.324 e. The average molecular weight is 479 g/mol. The molecule has 9 nitrogen and oxygen atoms in total. The number of unbranched alkanes of at least 4 members (excludes halogenated alkanes) is 1. The van der Waals surface area contributed by atoms with E-state index in [0.717, 1.165) is 55.7 Å². The van der Waals surface area contributed by atoms with Crippen molar-refractivity contribution in [2.75, 3.05) is 17.2 Å². The number of hydrogen-bond donors (Lipinski definition) is 2. The van der Waals surface area contributed by atoms with E-state index in [1.165, 1.54) is 4.68 Å². The first-order valence-electron chi connectivity index (χ1n) is 12.4. The van der Waals surface area contributed by atoms with E-state index < -0.39 is 6.03 Å². The van der Waals surface area contributed by atoms with Crippen LogP contribution in [-0.4, -0.2) is 40.0 Å². The number of urea groups is 1. The molecule has 0 spiro atoms. The summed E-state index contributed by atoms with van der Waals surface area (Å²) in [7, 11) is 0. The number of ether oxygens (including phenoxy) is 1. The molecule has 0 radical (unpaired) electrons. The molecule has 0 bridgehead atoms. The molecule has 1 unspecified atom stereocenters. The van der Waals surface area contributed by atoms with Crippen molar-refractivity contribution in [1.29, 1.82) is 0 Å². The highest BCUT2D eigenvalue weighted by Gasteiger charge is 2.32. The van der Waals surface area contributed by atoms with Gasteiger partial charge in [-0.1, -0.05) is 40.5 Å². The summed E-state index contributed by atoms with van der Waals surface area (Å²) in [5, 5.41) is 10.3. The number of anilines is 2. The molecule has 4 rings (SSSR count). The van der Waals surface area contributed by atoms with E-state index in [1.54, 1.807) is 18.2 Å². The molecule has 2 aromatic rings. The Labute approximate surface area is 206 Å². The monoisotopic (exact) mass is 478 g/mol. The molecular weight excluding hydrogens is 444 g/mol. The number of nitrogens with one attached hydrogen (secondary N) is 2. The molecule has 1 aromatic heterocycles. The van der Waals surface area contributed by atoms with Gasteiger partial charge < -0.3 is 10.1 Å². The van der Waals surface area contributed by atoms with Crippen LogP contribution < -0.4 is 15.4 Å². The maximum absolute atomic E-state index is 12.8. The normalized spacial score (nSPS) is 17.8. The van der Waals surface area contributed by atoms with Crippen molar-refractivity contribution in [1.82, 2.24) is 9.78 Å². The molecule has 2 aliphatic rings. The second kappa shape index (κ2) is 10.4. The van der Waals surface area contributed by atoms with Gasteiger partial charge in [0.2, 0.25) is 0 Å². The highest BCUT2D eigenvalue weighted by atomic mass is 16.5. The van der Waals surface area contributed by atoms with Gasteiger partial charge in [0.25, 0.3) is 11.9 Å². The highest BCUT2D eigenvalue weighted by Crippen LogP contribution is 2.28. The second-order valence-corrected chi connectivity index (χ2v) is 10.0. The molecule has 35 heavy (non-hydrogen) atoms. The van der Waals surface area contributed by atoms with Crippen LogP contribution in [0, 0.1) is 5.92 Å². The van der Waals surface area contributed by atoms with Gasteiger partial charge in [0.15, 0.2) is 0 Å². The van der Waals surface area contributed by atoms with Gasteiger partial charge in [0.05, 0.1) is 18.2 Å². The lowest BCUT2D eigenvalue weighted by atomic mass is 9.86. The zero-order chi connectivity index (χ0) is 25.0. The van der Waals surface area contributed by atoms with Gasteiger partial charge in [0, 0.05) is 22.9 Å². The average Bonchev–Trinajstić information content (AvgIpc) is 3.24. The Hall–Kier alpha value is -3.49. The number of rotatable bonds is 6. The molecule has 2 heterocycles. The van der Waals surface area contributed by atoms with Gasteiger partial charge >= 0.3 is 6.03 Å². The fourth-order valence-corrected chi connectivity index (χ4v) is 4.06. The summed E-state index contributed by atoms with van der Waals surface area (Å²) in [5.41, 5.74) is 1.96. The summed E-state index contributed by atoms with van der Waals surface area (Å²) in [6.45, 7) is 8.88. The van der Waals surface area contributed by atoms with Crippen molar-refractivity contribution in [2.24, 2.45) is 15.9 Å². The first kappa shape index (κ1) is 24.6. The standard InChI is InChI=1S/C26H34N6O3/c1-5-6-15-35-18-13-11-17(12-14-18)27-25(34)29-22-16-21(26(2,3)4)31-32(22)24-28-20-10-8-7-9-19(20)23(33)30-24/h11-14,16,19H,5-10,15H2,1-4H3,(H2,27,29,34). The summed E-state index contributed by atoms with van der Waals surface area (Å²) in [6.07, 6.45) is 5.66. The lowest BCUT2D eigenvalue weighted by Gasteiger charge is -2.24. The van der Waals surface area contributed by atoms with Crippen molar-refractivity contribution in [2.45, 2.75) is 71.6 Å². The summed E-state index contributed by atoms with van der Waals surface area (Å²) < 4.78 is 7.13. The predicted octanol–water partition coefficient (Wildman–Crippen LogP) is 5.38. The van der Waals surface area contributed by atoms with Gasteiger partial charge in [-0.2, -0.15) is 14.8 Å². The van der Waals surface area contributed by atoms with Crippen molar-refractivity contribution in [3.8, 4) is 5.75 Å². The van der Waals surface area contributed by atoms with Crippen molar-refractivity contribution in [3.05, 3.63) is 36.0 Å². The number of amides is 3. The molecule has 1 fully saturated rings. The maximum Gasteiger partial charge on any atom is 0.324 e. The molecule has 0 saturated heterocycles. The molecule has 1 aliphatic carbocycles. The van der Waals surface area contributed by atoms with Crippen LogP contribution in [-0.2, 0) is 10.2 Å². The number of aliphatic imine (C=N–C) groups is 2. The van der Waals surface area contributed by atoms with E-state index in [9.17, 15) is 9.59 Å². The molecule has 1 atom stereocenters. The molecule has 3 amide bonds. The van der Waals surface area contributed by atoms with E-state index in [2.05, 4.69) is 32.6 Å². The Morgan fingerprint density at radius 2 is 1.91 bits per heavy atom. The first-order valence-corrected chi connectivity index (χ1v) is 12.4. The van der Waals surface area contributed by atoms with E-state index in [-0.39, 0.29) is 23.2 Å². The predicted molar refractivity (Wildman–Crippen MR) is 138 cm³/mol. The van der Waals surface area contributed by atoms with Crippen molar-refractivity contribution in [3.63, 3.8) is 0 Å². The Kier molecular flexibility index (Phi) is 7.33. The number of carbonyl (C=O) groups is 2. The lowest BCUT2D eigenvalue weighted by Crippen LogP contribution is -2.34. The quantitative estimate of drug-likeness (QED) is 0.543. The zero-order valence-corrected chi connectivity index (χ0v) is 20.9. The summed E-state index contributed by atoms with van der Waals surface area (Å²) in [6, 6.07) is 8.59. The van der Waals surface area contributed by atoms with E-state index in [0.29, 0.717) is 18.1 Å². The number of hydrogen-bond acceptors (Lipinski definition) is 5. The Balaban J connectivity index is 1.52. The van der Waals surface area contributed by atoms with E-state index in [1.807, 2.05) is 32.9 Å². The van der Waals surface area contributed by atoms with Crippen LogP contribution in [0.15, 0.2) is 40.3 Å². The maximum atomic E-state index is 12.8. The third kappa shape index (κ3) is 5.96. The minimum atomic E-state index is -0.433. The highest BCUT2D eigenvalue weighted by molar-refractivity contribution is 6.16. The van der Waals surface area contributed by atoms with Crippen LogP contribution in [0.2, 0.25) is 0 Å². The van der Waals surface area contributed by atoms with Gasteiger partial charge in [-0.3, -0.25) is 10.1 Å². The van der Waals surface area contributed by atoms with Gasteiger partial charge in [0.1, 0.15) is 11.6 Å². The molecule has 1 saturated carbocycles. The lowest BCUT2D eigenvalue weighted by molar-refractivity contribution is -0.120. The molecule has 2 N–H and O–H groups in total. The van der Waals surface area contributed by atoms with E-state index >= 15 is 0 Å². The third-order valence-corrected chi connectivity index (χ3v) is 6.12. The zero-order valence-electron chi connectivity index (χ0n) is 20.9. The fourth-order valence-electron chi connectivity index (χ4n) is 4.06. The van der Waals surface area contributed by atoms with Crippen molar-refractivity contribution >= 4 is 35.1 Å². The fraction of sp³-hybridized carbons (Fsp3) is 0.500. The Morgan fingerprint density at radius 3 is 2.63 bits per heavy atom. The largest absolute Gasteiger partial charge is 0.494 e. The van der Waals surface area contributed by atoms with Crippen LogP contribution in [0.25, 0.3) is 0 Å². The van der Waals surface area contributed by atoms with E-state index in [4.69, 9.17) is 4.74 Å². The molecule has 1 aromatic carbocycles. The first-order chi connectivity index (χ1) is 16.7. The van der Waals surface area contributed by atoms with Crippen LogP contribution in [0.1, 0.15) is 71.9 Å². The number of benzene rings is 1. The minimum absolute atomic E-state index is 0.186. The van der Waals surface area contributed by atoms with Crippen molar-refractivity contribution < 1.29 is 14.3 Å². The summed E-state index contributed by atoms with van der Waals surface area (Å²) in [4.78, 5) is 34.4. The Morgan fingerprint density at radius 1 is 1.14 bits per heavy atom. The van der Waals surface area contributed by atoms with Crippen LogP contribution in [0.5, 0.6) is 5.75 Å². The topological polar surface area (TPSA) is 110 Å². The van der Waals surface area contributed by atoms with Crippen LogP contribution in [0.4, 0.5) is 16.3 Å². The molecular formula is C26H34N6O3. The van der Waals surface area contributed by atoms with Gasteiger partial charge in [-0.15, -0.1) is 0 Å². The number of aromatic nitrogens is 2. The summed E-state index contributed by atoms with van der Waals surface area (Å²) in [5.74, 6) is 0.949. The van der Waals surface area contributed by atoms with Crippen LogP contribution in [0.3, 0.4) is 0 Å².